The van der Waals surface area contributed by atoms with Crippen LogP contribution in [0, 0.1) is 0 Å². The predicted octanol–water partition coefficient (Wildman–Crippen LogP) is 2.73. The molecule has 0 saturated heterocycles. The van der Waals surface area contributed by atoms with Gasteiger partial charge in [0.05, 0.1) is 26.3 Å². The molecule has 0 radical (unpaired) electrons. The van der Waals surface area contributed by atoms with Gasteiger partial charge in [-0.3, -0.25) is 4.57 Å². The van der Waals surface area contributed by atoms with Gasteiger partial charge in [0.2, 0.25) is 5.95 Å². The SMILES string of the molecule is COCCNc1nc(-n2ccnc2)nc2cc(OC)c(OC)cc12.Cl.Cl. The molecule has 0 fully saturated rings. The lowest BCUT2D eigenvalue weighted by molar-refractivity contribution is 0.210. The molecule has 10 heteroatoms. The van der Waals surface area contributed by atoms with Crippen molar-refractivity contribution in [2.75, 3.05) is 39.8 Å². The number of benzene rings is 1. The first kappa shape index (κ1) is 21.8. The Kier molecular flexibility index (Phi) is 8.37. The fraction of sp³-hybridized carbons (Fsp3) is 0.312. The van der Waals surface area contributed by atoms with Gasteiger partial charge in [-0.25, -0.2) is 9.97 Å². The van der Waals surface area contributed by atoms with Crippen LogP contribution in [0.2, 0.25) is 0 Å². The molecule has 3 rings (SSSR count). The van der Waals surface area contributed by atoms with Crippen LogP contribution in [0.25, 0.3) is 16.9 Å². The molecule has 0 aliphatic rings. The Bertz CT molecular complexity index is 830. The summed E-state index contributed by atoms with van der Waals surface area (Å²) >= 11 is 0. The minimum atomic E-state index is 0. The van der Waals surface area contributed by atoms with Gasteiger partial charge in [0.1, 0.15) is 12.1 Å². The summed E-state index contributed by atoms with van der Waals surface area (Å²) in [5.41, 5.74) is 0.742. The second-order valence-corrected chi connectivity index (χ2v) is 4.99. The molecule has 26 heavy (non-hydrogen) atoms. The van der Waals surface area contributed by atoms with Gasteiger partial charge >= 0.3 is 0 Å². The van der Waals surface area contributed by atoms with E-state index >= 15 is 0 Å². The molecule has 0 saturated carbocycles. The lowest BCUT2D eigenvalue weighted by Gasteiger charge is -2.13. The number of ether oxygens (including phenoxy) is 3. The van der Waals surface area contributed by atoms with E-state index in [4.69, 9.17) is 14.2 Å². The highest BCUT2D eigenvalue weighted by molar-refractivity contribution is 5.92. The third-order valence-electron chi connectivity index (χ3n) is 3.52. The van der Waals surface area contributed by atoms with E-state index in [9.17, 15) is 0 Å². The molecular weight excluding hydrogens is 381 g/mol. The highest BCUT2D eigenvalue weighted by Crippen LogP contribution is 2.34. The van der Waals surface area contributed by atoms with Gasteiger partial charge in [-0.05, 0) is 6.07 Å². The quantitative estimate of drug-likeness (QED) is 0.609. The number of anilines is 1. The summed E-state index contributed by atoms with van der Waals surface area (Å²) in [6.45, 7) is 1.19. The van der Waals surface area contributed by atoms with Crippen molar-refractivity contribution in [3.63, 3.8) is 0 Å². The van der Waals surface area contributed by atoms with E-state index in [1.165, 1.54) is 0 Å². The van der Waals surface area contributed by atoms with Crippen molar-refractivity contribution in [3.8, 4) is 17.4 Å². The van der Waals surface area contributed by atoms with Crippen LogP contribution in [-0.4, -0.2) is 54.0 Å². The average Bonchev–Trinajstić information content (AvgIpc) is 3.15. The lowest BCUT2D eigenvalue weighted by atomic mass is 10.2. The average molecular weight is 402 g/mol. The Labute approximate surface area is 163 Å². The van der Waals surface area contributed by atoms with Gasteiger partial charge in [0, 0.05) is 37.5 Å². The fourth-order valence-electron chi connectivity index (χ4n) is 2.34. The number of rotatable bonds is 7. The molecule has 3 aromatic rings. The third kappa shape index (κ3) is 4.46. The summed E-state index contributed by atoms with van der Waals surface area (Å²) < 4.78 is 17.6. The maximum absolute atomic E-state index is 5.38. The Hall–Kier alpha value is -2.29. The largest absolute Gasteiger partial charge is 0.493 e. The first-order valence-electron chi connectivity index (χ1n) is 7.41. The zero-order valence-corrected chi connectivity index (χ0v) is 16.3. The molecule has 0 atom stereocenters. The van der Waals surface area contributed by atoms with E-state index in [0.717, 1.165) is 10.9 Å². The van der Waals surface area contributed by atoms with Crippen LogP contribution in [0.5, 0.6) is 11.5 Å². The van der Waals surface area contributed by atoms with Gasteiger partial charge < -0.3 is 19.5 Å². The predicted molar refractivity (Wildman–Crippen MR) is 105 cm³/mol. The van der Waals surface area contributed by atoms with Crippen molar-refractivity contribution < 1.29 is 14.2 Å². The summed E-state index contributed by atoms with van der Waals surface area (Å²) in [5.74, 6) is 2.45. The van der Waals surface area contributed by atoms with Crippen LogP contribution in [0.15, 0.2) is 30.9 Å². The number of halogens is 2. The summed E-state index contributed by atoms with van der Waals surface area (Å²) in [7, 11) is 4.85. The molecule has 0 bridgehead atoms. The standard InChI is InChI=1S/C16H19N5O3.2ClH/c1-22-7-5-18-15-11-8-13(23-2)14(24-3)9-12(11)19-16(20-15)21-6-4-17-10-21;;/h4,6,8-10H,5,7H2,1-3H3,(H,18,19,20);2*1H. The van der Waals surface area contributed by atoms with E-state index in [-0.39, 0.29) is 24.8 Å². The third-order valence-corrected chi connectivity index (χ3v) is 3.52. The number of fused-ring (bicyclic) bond motifs is 1. The zero-order chi connectivity index (χ0) is 16.9. The number of hydrogen-bond acceptors (Lipinski definition) is 7. The van der Waals surface area contributed by atoms with Crippen molar-refractivity contribution in [2.45, 2.75) is 0 Å². The summed E-state index contributed by atoms with van der Waals surface area (Å²) in [6, 6.07) is 3.69. The minimum Gasteiger partial charge on any atom is -0.493 e. The molecular formula is C16H21Cl2N5O3. The fourth-order valence-corrected chi connectivity index (χ4v) is 2.34. The molecule has 0 amide bonds. The van der Waals surface area contributed by atoms with Gasteiger partial charge in [-0.2, -0.15) is 4.98 Å². The maximum Gasteiger partial charge on any atom is 0.237 e. The second kappa shape index (κ2) is 10.0. The van der Waals surface area contributed by atoms with Crippen LogP contribution in [0.3, 0.4) is 0 Å². The van der Waals surface area contributed by atoms with Crippen molar-refractivity contribution >= 4 is 41.5 Å². The van der Waals surface area contributed by atoms with Crippen molar-refractivity contribution in [1.82, 2.24) is 19.5 Å². The Morgan fingerprint density at radius 3 is 2.38 bits per heavy atom. The zero-order valence-electron chi connectivity index (χ0n) is 14.6. The molecule has 142 valence electrons. The van der Waals surface area contributed by atoms with Crippen molar-refractivity contribution in [3.05, 3.63) is 30.9 Å². The second-order valence-electron chi connectivity index (χ2n) is 4.99. The Morgan fingerprint density at radius 1 is 1.04 bits per heavy atom. The van der Waals surface area contributed by atoms with Gasteiger partial charge in [0.25, 0.3) is 0 Å². The van der Waals surface area contributed by atoms with Crippen LogP contribution in [-0.2, 0) is 4.74 Å². The molecule has 8 nitrogen and oxygen atoms in total. The number of hydrogen-bond donors (Lipinski definition) is 1. The highest BCUT2D eigenvalue weighted by atomic mass is 35.5. The van der Waals surface area contributed by atoms with Crippen LogP contribution in [0.4, 0.5) is 5.82 Å². The molecule has 0 aliphatic heterocycles. The first-order valence-corrected chi connectivity index (χ1v) is 7.41. The van der Waals surface area contributed by atoms with Gasteiger partial charge in [-0.15, -0.1) is 24.8 Å². The van der Waals surface area contributed by atoms with Crippen molar-refractivity contribution in [1.29, 1.82) is 0 Å². The number of nitrogens with zero attached hydrogens (tertiary/aromatic N) is 4. The molecule has 2 heterocycles. The first-order chi connectivity index (χ1) is 11.8. The molecule has 2 aromatic heterocycles. The van der Waals surface area contributed by atoms with Gasteiger partial charge in [-0.1, -0.05) is 0 Å². The van der Waals surface area contributed by atoms with E-state index in [1.807, 2.05) is 12.1 Å². The summed E-state index contributed by atoms with van der Waals surface area (Å²) in [4.78, 5) is 13.2. The molecule has 0 unspecified atom stereocenters. The molecule has 0 spiro atoms. The van der Waals surface area contributed by atoms with E-state index in [0.29, 0.717) is 36.4 Å². The number of aromatic nitrogens is 4. The topological polar surface area (TPSA) is 83.3 Å². The van der Waals surface area contributed by atoms with Crippen LogP contribution < -0.4 is 14.8 Å². The smallest absolute Gasteiger partial charge is 0.237 e. The number of methoxy groups -OCH3 is 3. The summed E-state index contributed by atoms with van der Waals surface area (Å²) in [5, 5.41) is 4.11. The number of nitrogens with one attached hydrogen (secondary N) is 1. The molecule has 0 aliphatic carbocycles. The minimum absolute atomic E-state index is 0. The molecule has 1 N–H and O–H groups in total. The lowest BCUT2D eigenvalue weighted by Crippen LogP contribution is -2.11. The number of imidazole rings is 1. The van der Waals surface area contributed by atoms with E-state index < -0.39 is 0 Å². The monoisotopic (exact) mass is 401 g/mol. The summed E-state index contributed by atoms with van der Waals surface area (Å²) in [6.07, 6.45) is 5.13. The van der Waals surface area contributed by atoms with Gasteiger partial charge in [0.15, 0.2) is 11.5 Å². The molecule has 1 aromatic carbocycles. The maximum atomic E-state index is 5.38. The van der Waals surface area contributed by atoms with Crippen LogP contribution in [0.1, 0.15) is 0 Å². The van der Waals surface area contributed by atoms with Crippen LogP contribution >= 0.6 is 24.8 Å². The Balaban J connectivity index is 0.00000169. The van der Waals surface area contributed by atoms with Crippen molar-refractivity contribution in [2.24, 2.45) is 0 Å². The Morgan fingerprint density at radius 2 is 1.77 bits per heavy atom. The van der Waals surface area contributed by atoms with E-state index in [1.54, 1.807) is 44.6 Å². The highest BCUT2D eigenvalue weighted by Gasteiger charge is 2.14. The van der Waals surface area contributed by atoms with E-state index in [2.05, 4.69) is 20.3 Å². The normalized spacial score (nSPS) is 9.96.